The van der Waals surface area contributed by atoms with Crippen molar-refractivity contribution in [2.24, 2.45) is 0 Å². The maximum Gasteiger partial charge on any atom is 0.154 e. The Bertz CT molecular complexity index is 335. The highest BCUT2D eigenvalue weighted by molar-refractivity contribution is 5.75. The van der Waals surface area contributed by atoms with Gasteiger partial charge in [-0.05, 0) is 45.0 Å². The third-order valence-electron chi connectivity index (χ3n) is 1.98. The number of aliphatic hydroxyl groups excluding tert-OH is 2. The van der Waals surface area contributed by atoms with E-state index in [1.165, 1.54) is 0 Å². The molecule has 0 atom stereocenters. The summed E-state index contributed by atoms with van der Waals surface area (Å²) in [6, 6.07) is 6.76. The van der Waals surface area contributed by atoms with Gasteiger partial charge in [0.15, 0.2) is 6.29 Å². The van der Waals surface area contributed by atoms with Crippen molar-refractivity contribution in [3.05, 3.63) is 43.0 Å². The van der Waals surface area contributed by atoms with Crippen molar-refractivity contribution in [2.75, 3.05) is 32.2 Å². The van der Waals surface area contributed by atoms with E-state index in [4.69, 9.17) is 25.4 Å². The van der Waals surface area contributed by atoms with Crippen LogP contribution in [0.15, 0.2) is 37.4 Å². The molecule has 0 amide bonds. The number of rotatable bonds is 6. The lowest BCUT2D eigenvalue weighted by Crippen LogP contribution is -2.11. The van der Waals surface area contributed by atoms with Gasteiger partial charge < -0.3 is 25.4 Å². The van der Waals surface area contributed by atoms with Crippen LogP contribution in [-0.2, 0) is 9.47 Å². The molecule has 0 radical (unpaired) electrons. The van der Waals surface area contributed by atoms with E-state index in [9.17, 15) is 4.79 Å². The standard InChI is InChI=1S/C7H7NO.C6H14O2.C2H6O2.C2H4/c8-7-3-1-6(5-9)2-4-7;1-4-7-6(3)8-5-2;3-1-2-4;1-2/h1-5H,8H2;6H,4-5H2,1-3H3;3-4H,1-2H2;1-2H2. The van der Waals surface area contributed by atoms with Gasteiger partial charge in [0.25, 0.3) is 0 Å². The summed E-state index contributed by atoms with van der Waals surface area (Å²) in [6.07, 6.45) is 0.754. The maximum atomic E-state index is 10.1. The Kier molecular flexibility index (Phi) is 25.7. The van der Waals surface area contributed by atoms with Crippen LogP contribution in [-0.4, -0.2) is 49.2 Å². The first-order chi connectivity index (χ1) is 11.0. The van der Waals surface area contributed by atoms with Crippen molar-refractivity contribution in [1.29, 1.82) is 0 Å². The van der Waals surface area contributed by atoms with E-state index in [-0.39, 0.29) is 19.5 Å². The van der Waals surface area contributed by atoms with Crippen LogP contribution in [0, 0.1) is 0 Å². The molecule has 0 aliphatic carbocycles. The Labute approximate surface area is 139 Å². The van der Waals surface area contributed by atoms with E-state index in [2.05, 4.69) is 13.2 Å². The second-order valence-electron chi connectivity index (χ2n) is 3.71. The second-order valence-corrected chi connectivity index (χ2v) is 3.71. The van der Waals surface area contributed by atoms with Crippen molar-refractivity contribution in [1.82, 2.24) is 0 Å². The Morgan fingerprint density at radius 2 is 1.48 bits per heavy atom. The Morgan fingerprint density at radius 1 is 1.09 bits per heavy atom. The maximum absolute atomic E-state index is 10.1. The first-order valence-electron chi connectivity index (χ1n) is 7.31. The molecule has 0 saturated heterocycles. The summed E-state index contributed by atoms with van der Waals surface area (Å²) >= 11 is 0. The minimum absolute atomic E-state index is 0.0370. The fourth-order valence-corrected chi connectivity index (χ4v) is 1.09. The van der Waals surface area contributed by atoms with Gasteiger partial charge in [0, 0.05) is 24.5 Å². The number of aliphatic hydroxyl groups is 2. The monoisotopic (exact) mass is 329 g/mol. The van der Waals surface area contributed by atoms with E-state index in [0.29, 0.717) is 11.3 Å². The van der Waals surface area contributed by atoms with Crippen molar-refractivity contribution in [3.8, 4) is 0 Å². The molecule has 0 aliphatic heterocycles. The highest BCUT2D eigenvalue weighted by atomic mass is 16.7. The van der Waals surface area contributed by atoms with E-state index < -0.39 is 0 Å². The number of nitrogen functional groups attached to an aromatic ring is 1. The number of hydrogen-bond acceptors (Lipinski definition) is 6. The molecule has 0 spiro atoms. The Balaban J connectivity index is -0.000000263. The number of benzene rings is 1. The second kappa shape index (κ2) is 22.5. The molecular formula is C17H31NO5. The van der Waals surface area contributed by atoms with Crippen molar-refractivity contribution in [2.45, 2.75) is 27.1 Å². The highest BCUT2D eigenvalue weighted by Gasteiger charge is 1.94. The molecule has 4 N–H and O–H groups in total. The molecule has 0 aromatic heterocycles. The summed E-state index contributed by atoms with van der Waals surface area (Å²) in [5, 5.41) is 15.2. The normalized spacial score (nSPS) is 8.61. The molecule has 1 aromatic carbocycles. The smallest absolute Gasteiger partial charge is 0.154 e. The van der Waals surface area contributed by atoms with Crippen LogP contribution < -0.4 is 5.73 Å². The Hall–Kier alpha value is -1.73. The third-order valence-corrected chi connectivity index (χ3v) is 1.98. The van der Waals surface area contributed by atoms with Crippen LogP contribution in [0.5, 0.6) is 0 Å². The van der Waals surface area contributed by atoms with Crippen LogP contribution in [0.25, 0.3) is 0 Å². The van der Waals surface area contributed by atoms with E-state index in [1.807, 2.05) is 20.8 Å². The lowest BCUT2D eigenvalue weighted by molar-refractivity contribution is -0.123. The van der Waals surface area contributed by atoms with Crippen molar-refractivity contribution in [3.63, 3.8) is 0 Å². The Morgan fingerprint density at radius 3 is 1.74 bits per heavy atom. The molecule has 0 aliphatic rings. The zero-order valence-corrected chi connectivity index (χ0v) is 14.4. The minimum Gasteiger partial charge on any atom is -0.399 e. The van der Waals surface area contributed by atoms with Gasteiger partial charge in [-0.2, -0.15) is 0 Å². The number of nitrogens with two attached hydrogens (primary N) is 1. The predicted octanol–water partition coefficient (Wildman–Crippen LogP) is 2.26. The number of anilines is 1. The highest BCUT2D eigenvalue weighted by Crippen LogP contribution is 2.01. The lowest BCUT2D eigenvalue weighted by atomic mass is 10.2. The van der Waals surface area contributed by atoms with Gasteiger partial charge in [0.2, 0.25) is 0 Å². The molecular weight excluding hydrogens is 298 g/mol. The van der Waals surface area contributed by atoms with E-state index in [0.717, 1.165) is 19.5 Å². The van der Waals surface area contributed by atoms with Crippen molar-refractivity contribution >= 4 is 12.0 Å². The van der Waals surface area contributed by atoms with Gasteiger partial charge in [0.1, 0.15) is 6.29 Å². The molecule has 0 saturated carbocycles. The van der Waals surface area contributed by atoms with Gasteiger partial charge in [-0.3, -0.25) is 4.79 Å². The van der Waals surface area contributed by atoms with Gasteiger partial charge >= 0.3 is 0 Å². The first-order valence-corrected chi connectivity index (χ1v) is 7.31. The van der Waals surface area contributed by atoms with Gasteiger partial charge in [0.05, 0.1) is 13.2 Å². The fraction of sp³-hybridized carbons (Fsp3) is 0.471. The summed E-state index contributed by atoms with van der Waals surface area (Å²) in [4.78, 5) is 10.1. The largest absolute Gasteiger partial charge is 0.399 e. The number of carbonyl (C=O) groups is 1. The molecule has 0 heterocycles. The molecule has 0 bridgehead atoms. The number of aldehydes is 1. The van der Waals surface area contributed by atoms with Gasteiger partial charge in [-0.15, -0.1) is 13.2 Å². The van der Waals surface area contributed by atoms with Crippen LogP contribution >= 0.6 is 0 Å². The predicted molar refractivity (Wildman–Crippen MR) is 94.4 cm³/mol. The van der Waals surface area contributed by atoms with E-state index in [1.54, 1.807) is 24.3 Å². The first kappa shape index (κ1) is 26.2. The number of ether oxygens (including phenoxy) is 2. The van der Waals surface area contributed by atoms with Gasteiger partial charge in [-0.25, -0.2) is 0 Å². The molecule has 1 aromatic rings. The van der Waals surface area contributed by atoms with Crippen LogP contribution in [0.4, 0.5) is 5.69 Å². The quantitative estimate of drug-likeness (QED) is 0.320. The summed E-state index contributed by atoms with van der Waals surface area (Å²) in [7, 11) is 0. The molecule has 6 nitrogen and oxygen atoms in total. The summed E-state index contributed by atoms with van der Waals surface area (Å²) in [5.41, 5.74) is 6.70. The molecule has 0 fully saturated rings. The average molecular weight is 329 g/mol. The zero-order chi connectivity index (χ0) is 18.5. The van der Waals surface area contributed by atoms with Crippen molar-refractivity contribution < 1.29 is 24.5 Å². The van der Waals surface area contributed by atoms with E-state index >= 15 is 0 Å². The summed E-state index contributed by atoms with van der Waals surface area (Å²) in [5.74, 6) is 0. The third kappa shape index (κ3) is 22.7. The van der Waals surface area contributed by atoms with Crippen LogP contribution in [0.1, 0.15) is 31.1 Å². The molecule has 6 heteroatoms. The fourth-order valence-electron chi connectivity index (χ4n) is 1.09. The lowest BCUT2D eigenvalue weighted by Gasteiger charge is -2.09. The zero-order valence-electron chi connectivity index (χ0n) is 14.4. The SMILES string of the molecule is C=C.CCOC(C)OCC.Nc1ccc(C=O)cc1.OCCO. The molecule has 1 rings (SSSR count). The molecule has 134 valence electrons. The average Bonchev–Trinajstić information content (AvgIpc) is 2.59. The molecule has 0 unspecified atom stereocenters. The van der Waals surface area contributed by atoms with Crippen LogP contribution in [0.2, 0.25) is 0 Å². The van der Waals surface area contributed by atoms with Crippen LogP contribution in [0.3, 0.4) is 0 Å². The summed E-state index contributed by atoms with van der Waals surface area (Å²) in [6.45, 7) is 13.0. The topological polar surface area (TPSA) is 102 Å². The number of carbonyl (C=O) groups excluding carboxylic acids is 1. The minimum atomic E-state index is -0.125. The van der Waals surface area contributed by atoms with Gasteiger partial charge in [-0.1, -0.05) is 0 Å². The molecule has 23 heavy (non-hydrogen) atoms. The summed E-state index contributed by atoms with van der Waals surface area (Å²) < 4.78 is 10.1. The number of hydrogen-bond donors (Lipinski definition) is 3.